The van der Waals surface area contributed by atoms with Gasteiger partial charge in [-0.15, -0.1) is 0 Å². The number of hydrogen-bond donors (Lipinski definition) is 1. The fourth-order valence-corrected chi connectivity index (χ4v) is 2.04. The lowest BCUT2D eigenvalue weighted by molar-refractivity contribution is -0.139. The van der Waals surface area contributed by atoms with E-state index in [1.165, 1.54) is 0 Å². The van der Waals surface area contributed by atoms with Gasteiger partial charge in [0.25, 0.3) is 0 Å². The zero-order chi connectivity index (χ0) is 13.1. The highest BCUT2D eigenvalue weighted by Crippen LogP contribution is 2.23. The highest BCUT2D eigenvalue weighted by Gasteiger charge is 2.20. The normalized spacial score (nSPS) is 12.8. The van der Waals surface area contributed by atoms with Crippen LogP contribution in [0.5, 0.6) is 0 Å². The number of carboxylic acid groups (broad SMARTS) is 1. The molecule has 96 valence electrons. The predicted octanol–water partition coefficient (Wildman–Crippen LogP) is 1.78. The minimum atomic E-state index is -0.831. The number of rotatable bonds is 5. The lowest BCUT2D eigenvalue weighted by atomic mass is 9.96. The molecule has 0 aliphatic rings. The van der Waals surface area contributed by atoms with Gasteiger partial charge in [-0.3, -0.25) is 4.79 Å². The average molecular weight is 248 g/mol. The molecule has 2 aromatic rings. The first-order valence-corrected chi connectivity index (χ1v) is 5.76. The molecule has 1 heterocycles. The van der Waals surface area contributed by atoms with Crippen LogP contribution >= 0.6 is 0 Å². The fourth-order valence-electron chi connectivity index (χ4n) is 2.04. The summed E-state index contributed by atoms with van der Waals surface area (Å²) < 4.78 is 6.86. The predicted molar refractivity (Wildman–Crippen MR) is 67.6 cm³/mol. The van der Waals surface area contributed by atoms with Crippen molar-refractivity contribution in [2.45, 2.75) is 12.3 Å². The van der Waals surface area contributed by atoms with E-state index in [1.54, 1.807) is 13.4 Å². The molecule has 5 nitrogen and oxygen atoms in total. The molecule has 0 spiro atoms. The SMILES string of the molecule is COCCC(C(=O)O)c1ccc2c(c1)ncn2C. The summed E-state index contributed by atoms with van der Waals surface area (Å²) in [6.07, 6.45) is 2.18. The summed E-state index contributed by atoms with van der Waals surface area (Å²) in [7, 11) is 3.48. The van der Waals surface area contributed by atoms with Gasteiger partial charge in [-0.2, -0.15) is 0 Å². The molecule has 1 aromatic carbocycles. The number of aliphatic carboxylic acids is 1. The van der Waals surface area contributed by atoms with Gasteiger partial charge in [0.15, 0.2) is 0 Å². The lowest BCUT2D eigenvalue weighted by Gasteiger charge is -2.12. The van der Waals surface area contributed by atoms with Gasteiger partial charge in [0.05, 0.1) is 23.3 Å². The lowest BCUT2D eigenvalue weighted by Crippen LogP contribution is -2.13. The van der Waals surface area contributed by atoms with E-state index in [0.717, 1.165) is 16.6 Å². The van der Waals surface area contributed by atoms with E-state index < -0.39 is 11.9 Å². The average Bonchev–Trinajstić information content (AvgIpc) is 2.71. The summed E-state index contributed by atoms with van der Waals surface area (Å²) in [6, 6.07) is 5.59. The Morgan fingerprint density at radius 1 is 1.56 bits per heavy atom. The summed E-state index contributed by atoms with van der Waals surface area (Å²) >= 11 is 0. The molecule has 5 heteroatoms. The topological polar surface area (TPSA) is 64.3 Å². The zero-order valence-corrected chi connectivity index (χ0v) is 10.5. The number of nitrogens with zero attached hydrogens (tertiary/aromatic N) is 2. The summed E-state index contributed by atoms with van der Waals surface area (Å²) in [4.78, 5) is 15.5. The van der Waals surface area contributed by atoms with Crippen LogP contribution < -0.4 is 0 Å². The number of methoxy groups -OCH3 is 1. The molecule has 1 unspecified atom stereocenters. The van der Waals surface area contributed by atoms with Gasteiger partial charge in [-0.05, 0) is 24.1 Å². The maximum absolute atomic E-state index is 11.3. The van der Waals surface area contributed by atoms with Crippen molar-refractivity contribution in [3.8, 4) is 0 Å². The Bertz CT molecular complexity index is 562. The van der Waals surface area contributed by atoms with E-state index in [2.05, 4.69) is 4.98 Å². The number of aromatic nitrogens is 2. The third kappa shape index (κ3) is 2.36. The van der Waals surface area contributed by atoms with Crippen molar-refractivity contribution >= 4 is 17.0 Å². The van der Waals surface area contributed by atoms with Gasteiger partial charge >= 0.3 is 5.97 Å². The Morgan fingerprint density at radius 2 is 2.33 bits per heavy atom. The maximum Gasteiger partial charge on any atom is 0.311 e. The molecule has 2 rings (SSSR count). The van der Waals surface area contributed by atoms with E-state index in [-0.39, 0.29) is 0 Å². The van der Waals surface area contributed by atoms with Crippen molar-refractivity contribution in [1.29, 1.82) is 0 Å². The third-order valence-electron chi connectivity index (χ3n) is 3.06. The smallest absolute Gasteiger partial charge is 0.311 e. The second-order valence-electron chi connectivity index (χ2n) is 4.28. The molecule has 18 heavy (non-hydrogen) atoms. The van der Waals surface area contributed by atoms with E-state index in [4.69, 9.17) is 4.74 Å². The number of ether oxygens (including phenoxy) is 1. The number of fused-ring (bicyclic) bond motifs is 1. The Hall–Kier alpha value is -1.88. The first kappa shape index (κ1) is 12.6. The van der Waals surface area contributed by atoms with Gasteiger partial charge in [0.1, 0.15) is 0 Å². The van der Waals surface area contributed by atoms with Crippen molar-refractivity contribution < 1.29 is 14.6 Å². The number of aryl methyl sites for hydroxylation is 1. The fraction of sp³-hybridized carbons (Fsp3) is 0.385. The van der Waals surface area contributed by atoms with Crippen LogP contribution in [0.4, 0.5) is 0 Å². The molecular formula is C13H16N2O3. The minimum absolute atomic E-state index is 0.428. The zero-order valence-electron chi connectivity index (χ0n) is 10.5. The van der Waals surface area contributed by atoms with E-state index in [9.17, 15) is 9.90 Å². The molecule has 1 N–H and O–H groups in total. The van der Waals surface area contributed by atoms with Crippen LogP contribution in [-0.4, -0.2) is 34.3 Å². The largest absolute Gasteiger partial charge is 0.481 e. The number of hydrogen-bond acceptors (Lipinski definition) is 3. The van der Waals surface area contributed by atoms with Crippen molar-refractivity contribution in [3.05, 3.63) is 30.1 Å². The molecule has 0 aliphatic carbocycles. The second-order valence-corrected chi connectivity index (χ2v) is 4.28. The monoisotopic (exact) mass is 248 g/mol. The van der Waals surface area contributed by atoms with Crippen LogP contribution in [0, 0.1) is 0 Å². The molecule has 0 saturated carbocycles. The molecule has 0 saturated heterocycles. The third-order valence-corrected chi connectivity index (χ3v) is 3.06. The summed E-state index contributed by atoms with van der Waals surface area (Å²) in [5, 5.41) is 9.25. The first-order chi connectivity index (χ1) is 8.63. The van der Waals surface area contributed by atoms with Gasteiger partial charge < -0.3 is 14.4 Å². The summed E-state index contributed by atoms with van der Waals surface area (Å²) in [5.41, 5.74) is 2.58. The maximum atomic E-state index is 11.3. The number of imidazole rings is 1. The second kappa shape index (κ2) is 5.18. The molecule has 1 atom stereocenters. The van der Waals surface area contributed by atoms with Crippen LogP contribution in [0.15, 0.2) is 24.5 Å². The number of carboxylic acids is 1. The van der Waals surface area contributed by atoms with Crippen molar-refractivity contribution in [2.75, 3.05) is 13.7 Å². The van der Waals surface area contributed by atoms with Crippen molar-refractivity contribution in [1.82, 2.24) is 9.55 Å². The van der Waals surface area contributed by atoms with Gasteiger partial charge in [0, 0.05) is 20.8 Å². The number of benzene rings is 1. The van der Waals surface area contributed by atoms with Crippen LogP contribution in [0.2, 0.25) is 0 Å². The molecule has 0 bridgehead atoms. The summed E-state index contributed by atoms with van der Waals surface area (Å²) in [5.74, 6) is -1.38. The molecule has 0 fully saturated rings. The van der Waals surface area contributed by atoms with Crippen LogP contribution in [-0.2, 0) is 16.6 Å². The van der Waals surface area contributed by atoms with E-state index in [1.807, 2.05) is 29.8 Å². The number of carbonyl (C=O) groups is 1. The Labute approximate surface area is 105 Å². The highest BCUT2D eigenvalue weighted by atomic mass is 16.5. The van der Waals surface area contributed by atoms with Crippen LogP contribution in [0.1, 0.15) is 17.9 Å². The van der Waals surface area contributed by atoms with Gasteiger partial charge in [0.2, 0.25) is 0 Å². The minimum Gasteiger partial charge on any atom is -0.481 e. The Kier molecular flexibility index (Phi) is 3.62. The first-order valence-electron chi connectivity index (χ1n) is 5.76. The molecule has 0 radical (unpaired) electrons. The Balaban J connectivity index is 2.35. The molecular weight excluding hydrogens is 232 g/mol. The standard InChI is InChI=1S/C13H16N2O3/c1-15-8-14-11-7-9(3-4-12(11)15)10(13(16)17)5-6-18-2/h3-4,7-8,10H,5-6H2,1-2H3,(H,16,17). The quantitative estimate of drug-likeness (QED) is 0.876. The van der Waals surface area contributed by atoms with Gasteiger partial charge in [-0.1, -0.05) is 6.07 Å². The molecule has 1 aromatic heterocycles. The van der Waals surface area contributed by atoms with Crippen molar-refractivity contribution in [3.63, 3.8) is 0 Å². The van der Waals surface area contributed by atoms with Gasteiger partial charge in [-0.25, -0.2) is 4.98 Å². The summed E-state index contributed by atoms with van der Waals surface area (Å²) in [6.45, 7) is 0.428. The highest BCUT2D eigenvalue weighted by molar-refractivity contribution is 5.81. The van der Waals surface area contributed by atoms with Crippen molar-refractivity contribution in [2.24, 2.45) is 7.05 Å². The molecule has 0 aliphatic heterocycles. The van der Waals surface area contributed by atoms with E-state index in [0.29, 0.717) is 13.0 Å². The Morgan fingerprint density at radius 3 is 3.00 bits per heavy atom. The molecule has 0 amide bonds. The van der Waals surface area contributed by atoms with Crippen LogP contribution in [0.3, 0.4) is 0 Å². The van der Waals surface area contributed by atoms with E-state index >= 15 is 0 Å². The van der Waals surface area contributed by atoms with Crippen LogP contribution in [0.25, 0.3) is 11.0 Å².